The Morgan fingerprint density at radius 1 is 0.775 bits per heavy atom. The molecule has 0 atom stereocenters. The third-order valence-electron chi connectivity index (χ3n) is 7.16. The molecule has 0 radical (unpaired) electrons. The lowest BCUT2D eigenvalue weighted by Crippen LogP contribution is -2.49. The molecule has 1 aliphatic heterocycles. The topological polar surface area (TPSA) is 87.5 Å². The first-order valence-corrected chi connectivity index (χ1v) is 14.6. The number of aromatic nitrogens is 2. The molecular weight excluding hydrogens is 522 g/mol. The van der Waals surface area contributed by atoms with Gasteiger partial charge in [0.1, 0.15) is 11.6 Å². The number of piperazine rings is 1. The van der Waals surface area contributed by atoms with Gasteiger partial charge in [-0.1, -0.05) is 54.6 Å². The van der Waals surface area contributed by atoms with Gasteiger partial charge in [-0.25, -0.2) is 13.4 Å². The summed E-state index contributed by atoms with van der Waals surface area (Å²) in [5, 5.41) is 3.95. The van der Waals surface area contributed by atoms with Crippen LogP contribution in [0.15, 0.2) is 113 Å². The minimum absolute atomic E-state index is 0.115. The summed E-state index contributed by atoms with van der Waals surface area (Å²) in [6.07, 6.45) is 0. The lowest BCUT2D eigenvalue weighted by molar-refractivity contribution is 0.384. The van der Waals surface area contributed by atoms with Crippen molar-refractivity contribution in [3.8, 4) is 5.69 Å². The Hall–Kier alpha value is -4.47. The van der Waals surface area contributed by atoms with Crippen LogP contribution in [-0.4, -0.2) is 48.5 Å². The standard InChI is InChI=1S/C31H29N5O3S/c1-23-21-28(34-17-19-35(20-18-34)40(38,39)26-15-9-4-10-16-26)33-31-30(23)27(37)22-29(32-24-11-5-2-6-12-24)36(31)25-13-7-3-8-14-25/h2-16,21-22,32H,17-20H2,1H3. The van der Waals surface area contributed by atoms with Crippen LogP contribution < -0.4 is 15.6 Å². The molecule has 1 fully saturated rings. The van der Waals surface area contributed by atoms with Crippen LogP contribution in [0.5, 0.6) is 0 Å². The van der Waals surface area contributed by atoms with E-state index < -0.39 is 10.0 Å². The molecule has 1 N–H and O–H groups in total. The summed E-state index contributed by atoms with van der Waals surface area (Å²) < 4.78 is 29.8. The zero-order chi connectivity index (χ0) is 27.7. The Bertz CT molecular complexity index is 1820. The summed E-state index contributed by atoms with van der Waals surface area (Å²) in [5.74, 6) is 1.32. The number of para-hydroxylation sites is 2. The van der Waals surface area contributed by atoms with Crippen molar-refractivity contribution in [2.24, 2.45) is 0 Å². The summed E-state index contributed by atoms with van der Waals surface area (Å²) in [5.41, 5.74) is 2.98. The van der Waals surface area contributed by atoms with Crippen molar-refractivity contribution in [1.82, 2.24) is 13.9 Å². The van der Waals surface area contributed by atoms with E-state index in [4.69, 9.17) is 4.98 Å². The molecule has 1 aliphatic rings. The maximum Gasteiger partial charge on any atom is 0.243 e. The Balaban J connectivity index is 1.40. The van der Waals surface area contributed by atoms with E-state index in [1.165, 1.54) is 4.31 Å². The molecule has 1 saturated heterocycles. The fourth-order valence-electron chi connectivity index (χ4n) is 5.14. The van der Waals surface area contributed by atoms with Crippen LogP contribution in [0, 0.1) is 6.92 Å². The molecule has 9 heteroatoms. The highest BCUT2D eigenvalue weighted by Gasteiger charge is 2.29. The van der Waals surface area contributed by atoms with Crippen molar-refractivity contribution in [3.63, 3.8) is 0 Å². The van der Waals surface area contributed by atoms with Crippen LogP contribution in [0.25, 0.3) is 16.7 Å². The minimum atomic E-state index is -3.56. The molecule has 40 heavy (non-hydrogen) atoms. The van der Waals surface area contributed by atoms with E-state index in [2.05, 4.69) is 10.2 Å². The predicted molar refractivity (Wildman–Crippen MR) is 159 cm³/mol. The first-order valence-electron chi connectivity index (χ1n) is 13.2. The summed E-state index contributed by atoms with van der Waals surface area (Å²) in [4.78, 5) is 20.8. The molecule has 0 saturated carbocycles. The lowest BCUT2D eigenvalue weighted by atomic mass is 10.1. The molecule has 0 bridgehead atoms. The van der Waals surface area contributed by atoms with Crippen molar-refractivity contribution in [1.29, 1.82) is 0 Å². The minimum Gasteiger partial charge on any atom is -0.354 e. The number of hydrogen-bond acceptors (Lipinski definition) is 6. The van der Waals surface area contributed by atoms with Crippen LogP contribution in [0.2, 0.25) is 0 Å². The second kappa shape index (κ2) is 10.6. The number of nitrogens with zero attached hydrogens (tertiary/aromatic N) is 4. The van der Waals surface area contributed by atoms with Gasteiger partial charge in [-0.3, -0.25) is 9.36 Å². The van der Waals surface area contributed by atoms with Crippen molar-refractivity contribution in [2.75, 3.05) is 36.4 Å². The summed E-state index contributed by atoms with van der Waals surface area (Å²) >= 11 is 0. The molecule has 2 aromatic heterocycles. The second-order valence-electron chi connectivity index (χ2n) is 9.76. The Kier molecular flexibility index (Phi) is 6.83. The monoisotopic (exact) mass is 551 g/mol. The Morgan fingerprint density at radius 3 is 2.02 bits per heavy atom. The number of benzene rings is 3. The average molecular weight is 552 g/mol. The highest BCUT2D eigenvalue weighted by Crippen LogP contribution is 2.29. The number of pyridine rings is 2. The highest BCUT2D eigenvalue weighted by molar-refractivity contribution is 7.89. The number of aryl methyl sites for hydroxylation is 1. The first-order chi connectivity index (χ1) is 19.4. The zero-order valence-electron chi connectivity index (χ0n) is 22.1. The summed E-state index contributed by atoms with van der Waals surface area (Å²) in [6.45, 7) is 3.59. The second-order valence-corrected chi connectivity index (χ2v) is 11.7. The molecular formula is C31H29N5O3S. The number of sulfonamides is 1. The predicted octanol–water partition coefficient (Wildman–Crippen LogP) is 4.95. The van der Waals surface area contributed by atoms with E-state index in [1.807, 2.05) is 78.2 Å². The van der Waals surface area contributed by atoms with Gasteiger partial charge in [0.15, 0.2) is 11.1 Å². The van der Waals surface area contributed by atoms with Gasteiger partial charge in [-0.15, -0.1) is 0 Å². The van der Waals surface area contributed by atoms with Gasteiger partial charge in [0.2, 0.25) is 10.0 Å². The van der Waals surface area contributed by atoms with Crippen molar-refractivity contribution in [3.05, 3.63) is 119 Å². The molecule has 0 amide bonds. The summed E-state index contributed by atoms with van der Waals surface area (Å²) in [6, 6.07) is 31.6. The number of rotatable bonds is 6. The maximum atomic E-state index is 13.4. The fourth-order valence-corrected chi connectivity index (χ4v) is 6.58. The zero-order valence-corrected chi connectivity index (χ0v) is 22.9. The van der Waals surface area contributed by atoms with Gasteiger partial charge in [-0.05, 0) is 55.0 Å². The van der Waals surface area contributed by atoms with Gasteiger partial charge >= 0.3 is 0 Å². The van der Waals surface area contributed by atoms with E-state index in [9.17, 15) is 13.2 Å². The fraction of sp³-hybridized carbons (Fsp3) is 0.161. The molecule has 3 heterocycles. The van der Waals surface area contributed by atoms with Crippen molar-refractivity contribution in [2.45, 2.75) is 11.8 Å². The molecule has 5 aromatic rings. The number of nitrogens with one attached hydrogen (secondary N) is 1. The van der Waals surface area contributed by atoms with E-state index in [0.717, 1.165) is 16.9 Å². The van der Waals surface area contributed by atoms with Crippen molar-refractivity contribution < 1.29 is 8.42 Å². The normalized spacial score (nSPS) is 14.4. The van der Waals surface area contributed by atoms with Crippen LogP contribution >= 0.6 is 0 Å². The number of hydrogen-bond donors (Lipinski definition) is 1. The number of fused-ring (bicyclic) bond motifs is 1. The van der Waals surface area contributed by atoms with E-state index in [0.29, 0.717) is 53.7 Å². The largest absolute Gasteiger partial charge is 0.354 e. The van der Waals surface area contributed by atoms with Gasteiger partial charge < -0.3 is 10.2 Å². The molecule has 202 valence electrons. The molecule has 3 aromatic carbocycles. The quantitative estimate of drug-likeness (QED) is 0.321. The molecule has 6 rings (SSSR count). The first kappa shape index (κ1) is 25.8. The summed E-state index contributed by atoms with van der Waals surface area (Å²) in [7, 11) is -3.56. The van der Waals surface area contributed by atoms with E-state index in [1.54, 1.807) is 36.4 Å². The van der Waals surface area contributed by atoms with Gasteiger partial charge in [-0.2, -0.15) is 4.31 Å². The SMILES string of the molecule is Cc1cc(N2CCN(S(=O)(=O)c3ccccc3)CC2)nc2c1c(=O)cc(Nc1ccccc1)n2-c1ccccc1. The molecule has 0 aliphatic carbocycles. The van der Waals surface area contributed by atoms with Crippen LogP contribution in [0.3, 0.4) is 0 Å². The third kappa shape index (κ3) is 4.85. The average Bonchev–Trinajstić information content (AvgIpc) is 2.98. The van der Waals surface area contributed by atoms with Crippen molar-refractivity contribution >= 4 is 38.4 Å². The van der Waals surface area contributed by atoms with Crippen LogP contribution in [-0.2, 0) is 10.0 Å². The maximum absolute atomic E-state index is 13.4. The molecule has 0 spiro atoms. The molecule has 8 nitrogen and oxygen atoms in total. The Morgan fingerprint density at radius 2 is 1.38 bits per heavy atom. The third-order valence-corrected chi connectivity index (χ3v) is 9.07. The highest BCUT2D eigenvalue weighted by atomic mass is 32.2. The lowest BCUT2D eigenvalue weighted by Gasteiger charge is -2.35. The van der Waals surface area contributed by atoms with Crippen LogP contribution in [0.1, 0.15) is 5.56 Å². The molecule has 0 unspecified atom stereocenters. The van der Waals surface area contributed by atoms with Crippen LogP contribution in [0.4, 0.5) is 17.3 Å². The van der Waals surface area contributed by atoms with E-state index >= 15 is 0 Å². The Labute approximate surface area is 233 Å². The van der Waals surface area contributed by atoms with Gasteiger partial charge in [0, 0.05) is 43.6 Å². The van der Waals surface area contributed by atoms with E-state index in [-0.39, 0.29) is 5.43 Å². The van der Waals surface area contributed by atoms with Gasteiger partial charge in [0.25, 0.3) is 0 Å². The number of anilines is 3. The van der Waals surface area contributed by atoms with Gasteiger partial charge in [0.05, 0.1) is 10.3 Å². The smallest absolute Gasteiger partial charge is 0.243 e.